The largest absolute Gasteiger partial charge is 0.490 e. The Hall–Kier alpha value is -3.30. The van der Waals surface area contributed by atoms with Gasteiger partial charge in [0.25, 0.3) is 5.89 Å². The van der Waals surface area contributed by atoms with Gasteiger partial charge in [-0.15, -0.1) is 0 Å². The van der Waals surface area contributed by atoms with Crippen molar-refractivity contribution in [2.24, 2.45) is 0 Å². The molecule has 0 amide bonds. The summed E-state index contributed by atoms with van der Waals surface area (Å²) in [4.78, 5) is 4.56. The van der Waals surface area contributed by atoms with Crippen molar-refractivity contribution < 1.29 is 22.8 Å². The average Bonchev–Trinajstić information content (AvgIpc) is 3.49. The monoisotopic (exact) mass is 511 g/mol. The first-order valence-corrected chi connectivity index (χ1v) is 13.4. The van der Waals surface area contributed by atoms with Gasteiger partial charge in [0.1, 0.15) is 11.8 Å². The first-order valence-electron chi connectivity index (χ1n) is 11.8. The molecule has 0 saturated heterocycles. The van der Waals surface area contributed by atoms with Crippen molar-refractivity contribution in [2.45, 2.75) is 38.8 Å². The molecule has 0 saturated carbocycles. The maximum atomic E-state index is 12.5. The molecule has 2 aromatic carbocycles. The third kappa shape index (κ3) is 5.91. The van der Waals surface area contributed by atoms with Gasteiger partial charge in [-0.25, -0.2) is 13.1 Å². The van der Waals surface area contributed by atoms with Crippen LogP contribution in [0.5, 0.6) is 5.75 Å². The number of hydrogen-bond acceptors (Lipinski definition) is 9. The normalized spacial score (nSPS) is 15.1. The highest BCUT2D eigenvalue weighted by Crippen LogP contribution is 2.38. The van der Waals surface area contributed by atoms with Gasteiger partial charge in [-0.3, -0.25) is 0 Å². The fourth-order valence-corrected chi connectivity index (χ4v) is 5.44. The molecule has 36 heavy (non-hydrogen) atoms. The number of sulfonamides is 1. The quantitative estimate of drug-likeness (QED) is 0.330. The number of benzene rings is 2. The van der Waals surface area contributed by atoms with Crippen LogP contribution in [0.1, 0.15) is 43.0 Å². The summed E-state index contributed by atoms with van der Waals surface area (Å²) in [5.74, 6) is 1.10. The van der Waals surface area contributed by atoms with Crippen molar-refractivity contribution >= 4 is 10.0 Å². The van der Waals surface area contributed by atoms with Crippen LogP contribution in [0.2, 0.25) is 0 Å². The van der Waals surface area contributed by atoms with Crippen LogP contribution in [0.25, 0.3) is 22.8 Å². The molecule has 4 rings (SSSR count). The van der Waals surface area contributed by atoms with Crippen molar-refractivity contribution in [3.05, 3.63) is 53.1 Å². The van der Waals surface area contributed by atoms with Crippen molar-refractivity contribution in [1.29, 1.82) is 5.26 Å². The molecular weight excluding hydrogens is 482 g/mol. The topological polar surface area (TPSA) is 150 Å². The molecule has 0 unspecified atom stereocenters. The third-order valence-electron chi connectivity index (χ3n) is 5.81. The van der Waals surface area contributed by atoms with Crippen molar-refractivity contribution in [2.75, 3.05) is 25.4 Å². The smallest absolute Gasteiger partial charge is 0.258 e. The Morgan fingerprint density at radius 1 is 1.28 bits per heavy atom. The molecule has 190 valence electrons. The van der Waals surface area contributed by atoms with Crippen molar-refractivity contribution in [3.8, 4) is 34.7 Å². The Balaban J connectivity index is 1.54. The Labute approximate surface area is 210 Å². The highest BCUT2D eigenvalue weighted by atomic mass is 32.2. The summed E-state index contributed by atoms with van der Waals surface area (Å²) in [5.41, 5.74) is 3.65. The number of rotatable bonds is 11. The second-order valence-corrected chi connectivity index (χ2v) is 10.7. The minimum atomic E-state index is -3.50. The zero-order valence-electron chi connectivity index (χ0n) is 20.2. The molecule has 10 nitrogen and oxygen atoms in total. The summed E-state index contributed by atoms with van der Waals surface area (Å²) in [6, 6.07) is 12.6. The van der Waals surface area contributed by atoms with Crippen molar-refractivity contribution in [3.63, 3.8) is 0 Å². The van der Waals surface area contributed by atoms with Crippen LogP contribution in [0, 0.1) is 11.3 Å². The fourth-order valence-electron chi connectivity index (χ4n) is 4.23. The van der Waals surface area contributed by atoms with Gasteiger partial charge >= 0.3 is 0 Å². The van der Waals surface area contributed by atoms with Gasteiger partial charge in [0.15, 0.2) is 0 Å². The lowest BCUT2D eigenvalue weighted by molar-refractivity contribution is 0.241. The standard InChI is InChI=1S/C25H29N5O5S/c1-16(2)34-23-9-6-17(14-18(23)15-26)25-28-24(29-35-25)21-5-3-4-20-19(21)7-8-22(20)30-36(32,33)13-11-27-10-12-31/h3-6,9,14,16,22,27,30-31H,7-8,10-13H2,1-2H3/t22-/m1/s1. The van der Waals surface area contributed by atoms with Gasteiger partial charge < -0.3 is 19.7 Å². The van der Waals surface area contributed by atoms with Gasteiger partial charge in [0.05, 0.1) is 24.0 Å². The highest BCUT2D eigenvalue weighted by Gasteiger charge is 2.29. The summed E-state index contributed by atoms with van der Waals surface area (Å²) in [6.07, 6.45) is 1.24. The predicted octanol–water partition coefficient (Wildman–Crippen LogP) is 2.55. The lowest BCUT2D eigenvalue weighted by Gasteiger charge is -2.15. The lowest BCUT2D eigenvalue weighted by atomic mass is 10.0. The van der Waals surface area contributed by atoms with Crippen LogP contribution in [-0.4, -0.2) is 55.2 Å². The SMILES string of the molecule is CC(C)Oc1ccc(-c2nc(-c3cccc4c3CC[C@H]4NS(=O)(=O)CCNCCO)no2)cc1C#N. The second kappa shape index (κ2) is 11.2. The minimum absolute atomic E-state index is 0.0403. The van der Waals surface area contributed by atoms with Gasteiger partial charge in [-0.1, -0.05) is 23.4 Å². The number of aliphatic hydroxyl groups excluding tert-OH is 1. The lowest BCUT2D eigenvalue weighted by Crippen LogP contribution is -2.34. The molecular formula is C25H29N5O5S. The molecule has 11 heteroatoms. The van der Waals surface area contributed by atoms with E-state index in [0.717, 1.165) is 16.7 Å². The van der Waals surface area contributed by atoms with Crippen LogP contribution >= 0.6 is 0 Å². The number of ether oxygens (including phenoxy) is 1. The Morgan fingerprint density at radius 2 is 2.11 bits per heavy atom. The van der Waals surface area contributed by atoms with Gasteiger partial charge in [0.2, 0.25) is 15.8 Å². The fraction of sp³-hybridized carbons (Fsp3) is 0.400. The van der Waals surface area contributed by atoms with Gasteiger partial charge in [-0.2, -0.15) is 10.2 Å². The molecule has 0 bridgehead atoms. The summed E-state index contributed by atoms with van der Waals surface area (Å²) >= 11 is 0. The number of nitrogens with one attached hydrogen (secondary N) is 2. The number of aromatic nitrogens is 2. The summed E-state index contributed by atoms with van der Waals surface area (Å²) < 4.78 is 39.0. The van der Waals surface area contributed by atoms with E-state index in [1.165, 1.54) is 0 Å². The van der Waals surface area contributed by atoms with E-state index >= 15 is 0 Å². The summed E-state index contributed by atoms with van der Waals surface area (Å²) in [6.45, 7) is 4.36. The molecule has 0 fully saturated rings. The summed E-state index contributed by atoms with van der Waals surface area (Å²) in [7, 11) is -3.50. The van der Waals surface area contributed by atoms with Gasteiger partial charge in [-0.05, 0) is 56.0 Å². The van der Waals surface area contributed by atoms with E-state index in [9.17, 15) is 13.7 Å². The molecule has 3 N–H and O–H groups in total. The first-order chi connectivity index (χ1) is 17.3. The molecule has 1 aliphatic carbocycles. The van der Waals surface area contributed by atoms with E-state index in [0.29, 0.717) is 42.1 Å². The predicted molar refractivity (Wildman–Crippen MR) is 134 cm³/mol. The van der Waals surface area contributed by atoms with E-state index in [1.807, 2.05) is 32.0 Å². The Bertz CT molecular complexity index is 1360. The van der Waals surface area contributed by atoms with E-state index in [4.69, 9.17) is 14.4 Å². The van der Waals surface area contributed by atoms with E-state index in [1.54, 1.807) is 18.2 Å². The first kappa shape index (κ1) is 25.8. The number of fused-ring (bicyclic) bond motifs is 1. The van der Waals surface area contributed by atoms with Crippen LogP contribution < -0.4 is 14.8 Å². The van der Waals surface area contributed by atoms with Crippen LogP contribution in [-0.2, 0) is 16.4 Å². The Kier molecular flexibility index (Phi) is 8.01. The molecule has 0 spiro atoms. The number of aliphatic hydroxyl groups is 1. The molecule has 1 atom stereocenters. The van der Waals surface area contributed by atoms with E-state index in [2.05, 4.69) is 26.2 Å². The molecule has 1 heterocycles. The number of nitrogens with zero attached hydrogens (tertiary/aromatic N) is 3. The zero-order chi connectivity index (χ0) is 25.7. The van der Waals surface area contributed by atoms with Crippen molar-refractivity contribution in [1.82, 2.24) is 20.2 Å². The highest BCUT2D eigenvalue weighted by molar-refractivity contribution is 7.89. The van der Waals surface area contributed by atoms with Gasteiger partial charge in [0, 0.05) is 30.3 Å². The molecule has 0 radical (unpaired) electrons. The summed E-state index contributed by atoms with van der Waals surface area (Å²) in [5, 5.41) is 25.4. The van der Waals surface area contributed by atoms with Crippen LogP contribution in [0.4, 0.5) is 0 Å². The Morgan fingerprint density at radius 3 is 2.86 bits per heavy atom. The van der Waals surface area contributed by atoms with E-state index < -0.39 is 10.0 Å². The third-order valence-corrected chi connectivity index (χ3v) is 7.19. The molecule has 3 aromatic rings. The molecule has 1 aliphatic rings. The van der Waals surface area contributed by atoms with E-state index in [-0.39, 0.29) is 36.9 Å². The zero-order valence-corrected chi connectivity index (χ0v) is 21.0. The minimum Gasteiger partial charge on any atom is -0.490 e. The number of hydrogen-bond donors (Lipinski definition) is 3. The maximum Gasteiger partial charge on any atom is 0.258 e. The van der Waals surface area contributed by atoms with Crippen LogP contribution in [0.15, 0.2) is 40.9 Å². The number of nitriles is 1. The molecule has 0 aliphatic heterocycles. The average molecular weight is 512 g/mol. The molecule has 1 aromatic heterocycles. The second-order valence-electron chi connectivity index (χ2n) is 8.79. The van der Waals surface area contributed by atoms with Crippen LogP contribution in [0.3, 0.4) is 0 Å². The maximum absolute atomic E-state index is 12.5.